The average Bonchev–Trinajstić information content (AvgIpc) is 2.74. The summed E-state index contributed by atoms with van der Waals surface area (Å²) >= 11 is -2.89. The van der Waals surface area contributed by atoms with Crippen molar-refractivity contribution in [2.75, 3.05) is 5.32 Å². The van der Waals surface area contributed by atoms with Gasteiger partial charge in [-0.1, -0.05) is 0 Å². The normalized spacial score (nSPS) is 13.0. The molecule has 2 aromatic carbocycles. The van der Waals surface area contributed by atoms with Crippen LogP contribution in [0, 0.1) is 0 Å². The molecule has 0 aliphatic rings. The summed E-state index contributed by atoms with van der Waals surface area (Å²) in [6, 6.07) is 10.2. The van der Waals surface area contributed by atoms with Crippen LogP contribution < -0.4 is 19.8 Å². The summed E-state index contributed by atoms with van der Waals surface area (Å²) in [5.41, 5.74) is 1.41. The molecule has 0 heterocycles. The standard InChI is InChI=1S/C12H10NO2.3C4H9.Sn/c1-8(9-5-3-2-4-6-9)13-10-7-11(14)12(10)15;3*1-3-4-2;/h2-6,8,13H,1H3;3*1,3-4H2,2H3;/t8-;;;;/m1..../s1. The second-order valence-corrected chi connectivity index (χ2v) is 21.3. The van der Waals surface area contributed by atoms with Gasteiger partial charge in [-0.25, -0.2) is 0 Å². The van der Waals surface area contributed by atoms with Crippen molar-refractivity contribution in [3.8, 4) is 0 Å². The maximum absolute atomic E-state index is 12.8. The molecule has 1 N–H and O–H groups in total. The zero-order chi connectivity index (χ0) is 20.6. The van der Waals surface area contributed by atoms with E-state index in [-0.39, 0.29) is 16.9 Å². The van der Waals surface area contributed by atoms with E-state index in [1.807, 2.05) is 18.2 Å². The van der Waals surface area contributed by atoms with E-state index in [1.165, 1.54) is 32.6 Å². The Morgan fingerprint density at radius 1 is 0.821 bits per heavy atom. The van der Waals surface area contributed by atoms with Gasteiger partial charge in [0.1, 0.15) is 0 Å². The van der Waals surface area contributed by atoms with Gasteiger partial charge in [0, 0.05) is 0 Å². The molecule has 28 heavy (non-hydrogen) atoms. The van der Waals surface area contributed by atoms with Crippen LogP contribution in [0.25, 0.3) is 0 Å². The molecule has 0 amide bonds. The van der Waals surface area contributed by atoms with Crippen LogP contribution in [-0.4, -0.2) is 18.4 Å². The third-order valence-electron chi connectivity index (χ3n) is 6.13. The van der Waals surface area contributed by atoms with Gasteiger partial charge in [-0.3, -0.25) is 0 Å². The Bertz CT molecular complexity index is 771. The zero-order valence-corrected chi connectivity index (χ0v) is 21.0. The molecule has 1 atom stereocenters. The van der Waals surface area contributed by atoms with E-state index in [1.54, 1.807) is 0 Å². The maximum atomic E-state index is 12.8. The minimum atomic E-state index is -2.89. The third kappa shape index (κ3) is 5.28. The van der Waals surface area contributed by atoms with E-state index < -0.39 is 18.4 Å². The van der Waals surface area contributed by atoms with Crippen molar-refractivity contribution in [2.24, 2.45) is 0 Å². The Labute approximate surface area is 174 Å². The van der Waals surface area contributed by atoms with Gasteiger partial charge in [0.05, 0.1) is 0 Å². The zero-order valence-electron chi connectivity index (χ0n) is 18.1. The Balaban J connectivity index is 2.40. The Kier molecular flexibility index (Phi) is 9.25. The fraction of sp³-hybridized carbons (Fsp3) is 0.583. The number of hydrogen-bond donors (Lipinski definition) is 1. The first-order chi connectivity index (χ1) is 13.5. The fourth-order valence-electron chi connectivity index (χ4n) is 4.37. The molecular formula is C24H37NO2Sn. The van der Waals surface area contributed by atoms with Crippen LogP contribution in [0.4, 0.5) is 5.69 Å². The summed E-state index contributed by atoms with van der Waals surface area (Å²) in [6.45, 7) is 8.77. The van der Waals surface area contributed by atoms with Crippen LogP contribution in [0.3, 0.4) is 0 Å². The van der Waals surface area contributed by atoms with E-state index in [2.05, 4.69) is 45.1 Å². The summed E-state index contributed by atoms with van der Waals surface area (Å²) in [5, 5.41) is 3.46. The molecule has 3 nitrogen and oxygen atoms in total. The van der Waals surface area contributed by atoms with Gasteiger partial charge in [0.2, 0.25) is 0 Å². The number of anilines is 1. The van der Waals surface area contributed by atoms with E-state index in [0.717, 1.165) is 28.4 Å². The van der Waals surface area contributed by atoms with Crippen LogP contribution in [0.5, 0.6) is 0 Å². The second-order valence-electron chi connectivity index (χ2n) is 8.28. The van der Waals surface area contributed by atoms with Gasteiger partial charge in [0.15, 0.2) is 0 Å². The van der Waals surface area contributed by atoms with E-state index >= 15 is 0 Å². The van der Waals surface area contributed by atoms with Crippen molar-refractivity contribution in [2.45, 2.75) is 85.6 Å². The van der Waals surface area contributed by atoms with Gasteiger partial charge < -0.3 is 0 Å². The van der Waals surface area contributed by atoms with Gasteiger partial charge in [0.25, 0.3) is 0 Å². The molecule has 154 valence electrons. The van der Waals surface area contributed by atoms with Gasteiger partial charge in [-0.15, -0.1) is 0 Å². The molecule has 0 radical (unpaired) electrons. The van der Waals surface area contributed by atoms with E-state index in [4.69, 9.17) is 0 Å². The minimum absolute atomic E-state index is 0.0377. The number of benzene rings is 1. The number of rotatable bonds is 13. The SMILES string of the molecule is CCC[CH2][Sn]([CH2]CCC)([CH2]CCC)[c]1c(N[C@H](C)c2ccccc2)c(=O)c1=O. The molecule has 2 aromatic rings. The monoisotopic (exact) mass is 491 g/mol. The van der Waals surface area contributed by atoms with Crippen LogP contribution in [-0.2, 0) is 0 Å². The third-order valence-corrected chi connectivity index (χ3v) is 21.7. The Hall–Kier alpha value is -1.10. The molecule has 0 unspecified atom stereocenters. The Morgan fingerprint density at radius 2 is 1.32 bits per heavy atom. The topological polar surface area (TPSA) is 46.2 Å². The molecule has 0 aliphatic heterocycles. The Morgan fingerprint density at radius 3 is 1.79 bits per heavy atom. The molecule has 4 heteroatoms. The number of nitrogens with one attached hydrogen (secondary N) is 1. The number of unbranched alkanes of at least 4 members (excludes halogenated alkanes) is 3. The van der Waals surface area contributed by atoms with Crippen LogP contribution in [0.1, 0.15) is 77.8 Å². The van der Waals surface area contributed by atoms with Crippen molar-refractivity contribution in [3.63, 3.8) is 0 Å². The van der Waals surface area contributed by atoms with E-state index in [9.17, 15) is 9.59 Å². The molecule has 0 saturated heterocycles. The molecule has 0 aromatic heterocycles. The van der Waals surface area contributed by atoms with Gasteiger partial charge in [-0.2, -0.15) is 0 Å². The van der Waals surface area contributed by atoms with Crippen molar-refractivity contribution in [1.82, 2.24) is 0 Å². The van der Waals surface area contributed by atoms with Crippen LogP contribution in [0.15, 0.2) is 39.9 Å². The predicted octanol–water partition coefficient (Wildman–Crippen LogP) is 5.51. The quantitative estimate of drug-likeness (QED) is 0.298. The molecule has 0 spiro atoms. The first-order valence-electron chi connectivity index (χ1n) is 11.2. The summed E-state index contributed by atoms with van der Waals surface area (Å²) in [5.74, 6) is 0. The molecular weight excluding hydrogens is 453 g/mol. The fourth-order valence-corrected chi connectivity index (χ4v) is 21.2. The van der Waals surface area contributed by atoms with Crippen molar-refractivity contribution >= 4 is 27.6 Å². The molecule has 0 saturated carbocycles. The molecule has 2 rings (SSSR count). The first-order valence-corrected chi connectivity index (χ1v) is 18.6. The average molecular weight is 490 g/mol. The van der Waals surface area contributed by atoms with E-state index in [0.29, 0.717) is 5.69 Å². The van der Waals surface area contributed by atoms with Crippen molar-refractivity contribution < 1.29 is 0 Å². The van der Waals surface area contributed by atoms with Crippen LogP contribution in [0.2, 0.25) is 13.3 Å². The summed E-state index contributed by atoms with van der Waals surface area (Å²) in [6.07, 6.45) is 7.06. The summed E-state index contributed by atoms with van der Waals surface area (Å²) < 4.78 is 4.65. The van der Waals surface area contributed by atoms with Crippen LogP contribution >= 0.6 is 0 Å². The number of hydrogen-bond acceptors (Lipinski definition) is 3. The summed E-state index contributed by atoms with van der Waals surface area (Å²) in [4.78, 5) is 25.4. The molecule has 0 fully saturated rings. The summed E-state index contributed by atoms with van der Waals surface area (Å²) in [7, 11) is 0. The molecule has 0 aliphatic carbocycles. The van der Waals surface area contributed by atoms with Crippen molar-refractivity contribution in [3.05, 3.63) is 56.3 Å². The van der Waals surface area contributed by atoms with Gasteiger partial charge >= 0.3 is 175 Å². The first kappa shape index (κ1) is 23.2. The predicted molar refractivity (Wildman–Crippen MR) is 124 cm³/mol. The van der Waals surface area contributed by atoms with Gasteiger partial charge in [-0.05, 0) is 0 Å². The van der Waals surface area contributed by atoms with Crippen molar-refractivity contribution in [1.29, 1.82) is 0 Å². The second kappa shape index (κ2) is 11.2. The molecule has 0 bridgehead atoms.